The van der Waals surface area contributed by atoms with Crippen LogP contribution in [0.4, 0.5) is 13.2 Å². The molecule has 0 fully saturated rings. The molecule has 0 aliphatic rings. The Morgan fingerprint density at radius 2 is 1.93 bits per heavy atom. The summed E-state index contributed by atoms with van der Waals surface area (Å²) in [5.41, 5.74) is 0.416. The van der Waals surface area contributed by atoms with Gasteiger partial charge in [-0.05, 0) is 31.0 Å². The van der Waals surface area contributed by atoms with Crippen LogP contribution >= 0.6 is 22.9 Å². The first kappa shape index (κ1) is 12.8. The van der Waals surface area contributed by atoms with Gasteiger partial charge in [0.15, 0.2) is 0 Å². The van der Waals surface area contributed by atoms with E-state index in [4.69, 9.17) is 0 Å². The van der Waals surface area contributed by atoms with E-state index in [1.165, 1.54) is 13.0 Å². The van der Waals surface area contributed by atoms with Crippen molar-refractivity contribution in [2.24, 2.45) is 0 Å². The van der Waals surface area contributed by atoms with Crippen molar-refractivity contribution in [3.05, 3.63) is 34.9 Å². The van der Waals surface area contributed by atoms with E-state index in [-0.39, 0.29) is 6.04 Å². The molecule has 0 bridgehead atoms. The topological polar surface area (TPSA) is 12.0 Å². The van der Waals surface area contributed by atoms with Gasteiger partial charge in [0, 0.05) is 28.9 Å². The van der Waals surface area contributed by atoms with Gasteiger partial charge >= 0.3 is 6.18 Å². The lowest BCUT2D eigenvalue weighted by atomic mass is 9.98. The third kappa shape index (κ3) is 2.84. The molecule has 1 aromatic carbocycles. The lowest BCUT2D eigenvalue weighted by Gasteiger charge is -2.17. The van der Waals surface area contributed by atoms with Gasteiger partial charge in [-0.3, -0.25) is 3.53 Å². The molecule has 0 aliphatic heterocycles. The summed E-state index contributed by atoms with van der Waals surface area (Å²) in [6.07, 6.45) is -4.27. The Bertz CT molecular complexity index is 349. The van der Waals surface area contributed by atoms with Crippen molar-refractivity contribution in [2.75, 3.05) is 0 Å². The zero-order valence-electron chi connectivity index (χ0n) is 8.32. The predicted octanol–water partition coefficient (Wildman–Crippen LogP) is 4.01. The van der Waals surface area contributed by atoms with E-state index in [1.807, 2.05) is 29.8 Å². The Balaban J connectivity index is 3.23. The molecule has 0 saturated heterocycles. The van der Waals surface area contributed by atoms with Crippen LogP contribution in [0.15, 0.2) is 18.2 Å². The molecular formula is C10H11F3IN. The molecule has 1 atom stereocenters. The van der Waals surface area contributed by atoms with Crippen molar-refractivity contribution < 1.29 is 13.2 Å². The van der Waals surface area contributed by atoms with E-state index in [0.29, 0.717) is 11.1 Å². The van der Waals surface area contributed by atoms with Crippen LogP contribution in [0.3, 0.4) is 0 Å². The summed E-state index contributed by atoms with van der Waals surface area (Å²) in [5.74, 6) is 0. The quantitative estimate of drug-likeness (QED) is 0.638. The second-order valence-electron chi connectivity index (χ2n) is 3.35. The highest BCUT2D eigenvalue weighted by atomic mass is 127. The van der Waals surface area contributed by atoms with Crippen molar-refractivity contribution in [3.8, 4) is 0 Å². The maximum Gasteiger partial charge on any atom is 0.416 e. The molecule has 0 spiro atoms. The van der Waals surface area contributed by atoms with Gasteiger partial charge in [0.05, 0.1) is 5.56 Å². The summed E-state index contributed by atoms with van der Waals surface area (Å²) in [5, 5.41) is 0. The number of alkyl halides is 3. The molecule has 0 radical (unpaired) electrons. The summed E-state index contributed by atoms with van der Waals surface area (Å²) in [6.45, 7) is 3.33. The van der Waals surface area contributed by atoms with Crippen LogP contribution in [0.5, 0.6) is 0 Å². The Morgan fingerprint density at radius 3 is 2.40 bits per heavy atom. The first-order valence-corrected chi connectivity index (χ1v) is 5.48. The van der Waals surface area contributed by atoms with Gasteiger partial charge in [-0.25, -0.2) is 0 Å². The Hall–Kier alpha value is -0.300. The van der Waals surface area contributed by atoms with Gasteiger partial charge in [0.2, 0.25) is 0 Å². The molecule has 1 rings (SSSR count). The molecule has 0 amide bonds. The number of hydrogen-bond acceptors (Lipinski definition) is 1. The van der Waals surface area contributed by atoms with Crippen LogP contribution in [0.1, 0.15) is 29.7 Å². The minimum atomic E-state index is -4.27. The number of nitrogens with one attached hydrogen (secondary N) is 1. The highest BCUT2D eigenvalue weighted by Crippen LogP contribution is 2.34. The molecule has 0 aromatic heterocycles. The lowest BCUT2D eigenvalue weighted by Crippen LogP contribution is -2.13. The van der Waals surface area contributed by atoms with Crippen molar-refractivity contribution in [2.45, 2.75) is 26.1 Å². The number of benzene rings is 1. The zero-order chi connectivity index (χ0) is 11.6. The van der Waals surface area contributed by atoms with Gasteiger partial charge < -0.3 is 0 Å². The second kappa shape index (κ2) is 4.69. The number of halogens is 4. The van der Waals surface area contributed by atoms with E-state index >= 15 is 0 Å². The first-order chi connectivity index (χ1) is 6.88. The minimum Gasteiger partial charge on any atom is -0.254 e. The van der Waals surface area contributed by atoms with E-state index in [9.17, 15) is 13.2 Å². The van der Waals surface area contributed by atoms with Crippen LogP contribution in [-0.2, 0) is 6.18 Å². The lowest BCUT2D eigenvalue weighted by molar-refractivity contribution is -0.138. The predicted molar refractivity (Wildman–Crippen MR) is 61.8 cm³/mol. The smallest absolute Gasteiger partial charge is 0.254 e. The molecule has 0 unspecified atom stereocenters. The SMILES string of the molecule is Cc1c([C@@H](C)NI)cccc1C(F)(F)F. The molecule has 1 nitrogen and oxygen atoms in total. The minimum absolute atomic E-state index is 0.0899. The Labute approximate surface area is 101 Å². The van der Waals surface area contributed by atoms with E-state index < -0.39 is 11.7 Å². The Morgan fingerprint density at radius 1 is 1.33 bits per heavy atom. The molecule has 0 aliphatic carbocycles. The molecule has 0 heterocycles. The second-order valence-corrected chi connectivity index (χ2v) is 3.97. The average Bonchev–Trinajstić information content (AvgIpc) is 2.15. The van der Waals surface area contributed by atoms with Gasteiger partial charge in [0.1, 0.15) is 0 Å². The highest BCUT2D eigenvalue weighted by molar-refractivity contribution is 14.1. The summed E-state index contributed by atoms with van der Waals surface area (Å²) < 4.78 is 40.6. The third-order valence-electron chi connectivity index (χ3n) is 2.31. The standard InChI is InChI=1S/C10H11F3IN/c1-6-8(7(2)15-14)4-3-5-9(6)10(11,12)13/h3-5,7,15H,1-2H3/t7-/m1/s1. The van der Waals surface area contributed by atoms with Crippen LogP contribution in [0, 0.1) is 6.92 Å². The summed E-state index contributed by atoms with van der Waals surface area (Å²) in [6, 6.07) is 4.17. The van der Waals surface area contributed by atoms with Gasteiger partial charge in [-0.15, -0.1) is 0 Å². The molecule has 0 saturated carbocycles. The van der Waals surface area contributed by atoms with Gasteiger partial charge in [-0.2, -0.15) is 13.2 Å². The van der Waals surface area contributed by atoms with E-state index in [0.717, 1.165) is 6.07 Å². The van der Waals surface area contributed by atoms with Crippen LogP contribution < -0.4 is 3.53 Å². The van der Waals surface area contributed by atoms with Crippen molar-refractivity contribution in [1.82, 2.24) is 3.53 Å². The number of hydrogen-bond donors (Lipinski definition) is 1. The fourth-order valence-corrected chi connectivity index (χ4v) is 1.82. The monoisotopic (exact) mass is 329 g/mol. The molecule has 1 aromatic rings. The van der Waals surface area contributed by atoms with E-state index in [1.54, 1.807) is 6.07 Å². The van der Waals surface area contributed by atoms with Crippen molar-refractivity contribution >= 4 is 22.9 Å². The largest absolute Gasteiger partial charge is 0.416 e. The van der Waals surface area contributed by atoms with Crippen LogP contribution in [-0.4, -0.2) is 0 Å². The summed E-state index contributed by atoms with van der Waals surface area (Å²) in [4.78, 5) is 0. The molecule has 5 heteroatoms. The fraction of sp³-hybridized carbons (Fsp3) is 0.400. The van der Waals surface area contributed by atoms with Crippen LogP contribution in [0.25, 0.3) is 0 Å². The molecule has 1 N–H and O–H groups in total. The van der Waals surface area contributed by atoms with Gasteiger partial charge in [-0.1, -0.05) is 12.1 Å². The Kier molecular flexibility index (Phi) is 3.99. The van der Waals surface area contributed by atoms with E-state index in [2.05, 4.69) is 3.53 Å². The number of rotatable bonds is 2. The first-order valence-electron chi connectivity index (χ1n) is 4.40. The average molecular weight is 329 g/mol. The highest BCUT2D eigenvalue weighted by Gasteiger charge is 2.33. The van der Waals surface area contributed by atoms with Crippen LogP contribution in [0.2, 0.25) is 0 Å². The summed E-state index contributed by atoms with van der Waals surface area (Å²) >= 11 is 1.94. The maximum atomic E-state index is 12.6. The van der Waals surface area contributed by atoms with Gasteiger partial charge in [0.25, 0.3) is 0 Å². The maximum absolute atomic E-state index is 12.6. The normalized spacial score (nSPS) is 14.0. The summed E-state index contributed by atoms with van der Waals surface area (Å²) in [7, 11) is 0. The molecular weight excluding hydrogens is 318 g/mol. The fourth-order valence-electron chi connectivity index (χ4n) is 1.49. The molecule has 84 valence electrons. The molecule has 15 heavy (non-hydrogen) atoms. The van der Waals surface area contributed by atoms with Crippen molar-refractivity contribution in [3.63, 3.8) is 0 Å². The third-order valence-corrected chi connectivity index (χ3v) is 3.25. The van der Waals surface area contributed by atoms with Crippen molar-refractivity contribution in [1.29, 1.82) is 0 Å². The zero-order valence-corrected chi connectivity index (χ0v) is 10.5.